The van der Waals surface area contributed by atoms with E-state index in [1.807, 2.05) is 0 Å². The van der Waals surface area contributed by atoms with E-state index in [0.29, 0.717) is 34.0 Å². The lowest BCUT2D eigenvalue weighted by Gasteiger charge is -2.25. The first-order valence-electron chi connectivity index (χ1n) is 9.86. The fourth-order valence-corrected chi connectivity index (χ4v) is 5.16. The Morgan fingerprint density at radius 3 is 2.72 bits per heavy atom. The van der Waals surface area contributed by atoms with Crippen LogP contribution in [0.3, 0.4) is 0 Å². The van der Waals surface area contributed by atoms with Crippen LogP contribution in [-0.4, -0.2) is 50.1 Å². The Bertz CT molecular complexity index is 1200. The van der Waals surface area contributed by atoms with Crippen LogP contribution >= 0.6 is 23.4 Å². The van der Waals surface area contributed by atoms with Crippen LogP contribution in [0.4, 0.5) is 9.28 Å². The van der Waals surface area contributed by atoms with Crippen molar-refractivity contribution < 1.29 is 18.9 Å². The number of carbonyl (C=O) groups excluding carboxylic acids is 3. The molecule has 1 aliphatic heterocycles. The fourth-order valence-electron chi connectivity index (χ4n) is 3.76. The number of thioether (sulfide) groups is 1. The molecule has 2 heterocycles. The molecular weight excluding hydrogens is 455 g/mol. The average molecular weight is 475 g/mol. The molecule has 32 heavy (non-hydrogen) atoms. The van der Waals surface area contributed by atoms with E-state index in [4.69, 9.17) is 17.3 Å². The number of halogens is 2. The molecule has 1 aliphatic rings. The number of primary amides is 1. The van der Waals surface area contributed by atoms with E-state index in [-0.39, 0.29) is 24.0 Å². The topological polar surface area (TPSA) is 88.6 Å². The number of aromatic nitrogens is 1. The number of benzene rings is 2. The van der Waals surface area contributed by atoms with Gasteiger partial charge >= 0.3 is 6.03 Å². The van der Waals surface area contributed by atoms with Gasteiger partial charge in [-0.3, -0.25) is 14.2 Å². The quantitative estimate of drug-likeness (QED) is 0.572. The molecule has 166 valence electrons. The van der Waals surface area contributed by atoms with E-state index >= 15 is 0 Å². The highest BCUT2D eigenvalue weighted by Crippen LogP contribution is 2.29. The molecule has 10 heteroatoms. The van der Waals surface area contributed by atoms with Crippen LogP contribution < -0.4 is 5.73 Å². The number of fused-ring (bicyclic) bond motifs is 1. The van der Waals surface area contributed by atoms with E-state index in [0.717, 1.165) is 5.39 Å². The summed E-state index contributed by atoms with van der Waals surface area (Å²) < 4.78 is 15.9. The van der Waals surface area contributed by atoms with Crippen molar-refractivity contribution in [3.8, 4) is 0 Å². The molecule has 3 amide bonds. The number of nitrogens with zero attached hydrogens (tertiary/aromatic N) is 3. The van der Waals surface area contributed by atoms with Crippen molar-refractivity contribution >= 4 is 52.1 Å². The normalized spacial score (nSPS) is 15.8. The van der Waals surface area contributed by atoms with Crippen LogP contribution in [0.25, 0.3) is 10.9 Å². The maximum Gasteiger partial charge on any atom is 0.323 e. The lowest BCUT2D eigenvalue weighted by atomic mass is 10.1. The van der Waals surface area contributed by atoms with E-state index in [2.05, 4.69) is 0 Å². The summed E-state index contributed by atoms with van der Waals surface area (Å²) in [7, 11) is 0. The summed E-state index contributed by atoms with van der Waals surface area (Å²) in [5, 5.41) is 0.345. The fraction of sp³-hybridized carbons (Fsp3) is 0.227. The Morgan fingerprint density at radius 1 is 1.19 bits per heavy atom. The third-order valence-electron chi connectivity index (χ3n) is 5.25. The van der Waals surface area contributed by atoms with Crippen molar-refractivity contribution in [2.45, 2.75) is 18.3 Å². The number of nitrogens with two attached hydrogens (primary N) is 1. The van der Waals surface area contributed by atoms with Gasteiger partial charge in [-0.05, 0) is 29.3 Å². The maximum atomic E-state index is 14.7. The number of hydrogen-bond acceptors (Lipinski definition) is 4. The highest BCUT2D eigenvalue weighted by Gasteiger charge is 2.38. The molecule has 3 aromatic rings. The minimum atomic E-state index is -0.948. The standard InChI is InChI=1S/C22H20ClFN4O3S/c23-16-5-3-4-14(10-16)12-28(24)20(30)21-26(8-9-32-21)19(29)11-15-13-27(22(25)31)18-7-2-1-6-17(15)18/h1-7,10,13,21H,8-9,11-12H2,(H2,25,31). The second kappa shape index (κ2) is 9.22. The van der Waals surface area contributed by atoms with Crippen molar-refractivity contribution in [1.29, 1.82) is 0 Å². The minimum Gasteiger partial charge on any atom is -0.351 e. The van der Waals surface area contributed by atoms with E-state index < -0.39 is 17.3 Å². The molecule has 1 aromatic heterocycles. The summed E-state index contributed by atoms with van der Waals surface area (Å²) in [4.78, 5) is 38.9. The zero-order valence-corrected chi connectivity index (χ0v) is 18.5. The van der Waals surface area contributed by atoms with Crippen molar-refractivity contribution in [1.82, 2.24) is 14.6 Å². The van der Waals surface area contributed by atoms with Gasteiger partial charge in [-0.25, -0.2) is 4.79 Å². The predicted molar refractivity (Wildman–Crippen MR) is 122 cm³/mol. The number of amides is 3. The highest BCUT2D eigenvalue weighted by molar-refractivity contribution is 8.00. The second-order valence-corrected chi connectivity index (χ2v) is 8.98. The molecule has 0 radical (unpaired) electrons. The molecule has 2 N–H and O–H groups in total. The lowest BCUT2D eigenvalue weighted by Crippen LogP contribution is -2.44. The molecular formula is C22H20ClFN4O3S. The van der Waals surface area contributed by atoms with Gasteiger partial charge in [0.2, 0.25) is 5.91 Å². The molecule has 1 fully saturated rings. The first-order chi connectivity index (χ1) is 15.3. The van der Waals surface area contributed by atoms with Gasteiger partial charge in [-0.2, -0.15) is 5.12 Å². The molecule has 0 spiro atoms. The Balaban J connectivity index is 1.50. The van der Waals surface area contributed by atoms with Gasteiger partial charge in [-0.15, -0.1) is 11.8 Å². The molecule has 1 saturated heterocycles. The van der Waals surface area contributed by atoms with Crippen LogP contribution in [0.5, 0.6) is 0 Å². The zero-order valence-electron chi connectivity index (χ0n) is 16.9. The first-order valence-corrected chi connectivity index (χ1v) is 11.3. The zero-order chi connectivity index (χ0) is 22.8. The predicted octanol–water partition coefficient (Wildman–Crippen LogP) is 3.58. The monoisotopic (exact) mass is 474 g/mol. The summed E-state index contributed by atoms with van der Waals surface area (Å²) in [5.41, 5.74) is 7.20. The Morgan fingerprint density at radius 2 is 1.97 bits per heavy atom. The number of para-hydroxylation sites is 1. The highest BCUT2D eigenvalue weighted by atomic mass is 35.5. The van der Waals surface area contributed by atoms with Gasteiger partial charge in [0, 0.05) is 28.9 Å². The first kappa shape index (κ1) is 22.2. The van der Waals surface area contributed by atoms with Gasteiger partial charge in [0.15, 0.2) is 5.37 Å². The summed E-state index contributed by atoms with van der Waals surface area (Å²) in [5.74, 6) is -0.590. The van der Waals surface area contributed by atoms with Gasteiger partial charge in [-0.1, -0.05) is 46.4 Å². The Kier molecular flexibility index (Phi) is 6.38. The third kappa shape index (κ3) is 4.44. The summed E-state index contributed by atoms with van der Waals surface area (Å²) >= 11 is 7.15. The maximum absolute atomic E-state index is 14.7. The summed E-state index contributed by atoms with van der Waals surface area (Å²) in [6.07, 6.45) is 1.50. The lowest BCUT2D eigenvalue weighted by molar-refractivity contribution is -0.153. The van der Waals surface area contributed by atoms with Crippen molar-refractivity contribution in [2.24, 2.45) is 5.73 Å². The molecule has 1 atom stereocenters. The van der Waals surface area contributed by atoms with Gasteiger partial charge in [0.1, 0.15) is 0 Å². The SMILES string of the molecule is NC(=O)n1cc(CC(=O)N2CCSC2C(=O)N(F)Cc2cccc(Cl)c2)c2ccccc21. The second-order valence-electron chi connectivity index (χ2n) is 7.36. The number of rotatable bonds is 5. The molecule has 0 bridgehead atoms. The third-order valence-corrected chi connectivity index (χ3v) is 6.67. The van der Waals surface area contributed by atoms with Crippen LogP contribution in [0, 0.1) is 0 Å². The van der Waals surface area contributed by atoms with Gasteiger partial charge in [0.25, 0.3) is 5.91 Å². The number of hydrogen-bond donors (Lipinski definition) is 1. The van der Waals surface area contributed by atoms with Gasteiger partial charge < -0.3 is 10.6 Å². The van der Waals surface area contributed by atoms with E-state index in [1.165, 1.54) is 27.4 Å². The largest absolute Gasteiger partial charge is 0.351 e. The molecule has 0 aliphatic carbocycles. The Hall–Kier alpha value is -3.04. The number of carbonyl (C=O) groups is 3. The van der Waals surface area contributed by atoms with Crippen LogP contribution in [0.15, 0.2) is 54.7 Å². The van der Waals surface area contributed by atoms with Crippen LogP contribution in [0.2, 0.25) is 5.02 Å². The molecule has 1 unspecified atom stereocenters. The van der Waals surface area contributed by atoms with Crippen LogP contribution in [-0.2, 0) is 22.6 Å². The smallest absolute Gasteiger partial charge is 0.323 e. The van der Waals surface area contributed by atoms with Gasteiger partial charge in [0.05, 0.1) is 18.5 Å². The molecule has 2 aromatic carbocycles. The summed E-state index contributed by atoms with van der Waals surface area (Å²) in [6.45, 7) is 0.0734. The van der Waals surface area contributed by atoms with Crippen molar-refractivity contribution in [2.75, 3.05) is 12.3 Å². The van der Waals surface area contributed by atoms with Crippen LogP contribution in [0.1, 0.15) is 11.1 Å². The molecule has 7 nitrogen and oxygen atoms in total. The molecule has 0 saturated carbocycles. The summed E-state index contributed by atoms with van der Waals surface area (Å²) in [6, 6.07) is 13.1. The van der Waals surface area contributed by atoms with Crippen molar-refractivity contribution in [3.05, 3.63) is 70.9 Å². The Labute approximate surface area is 192 Å². The average Bonchev–Trinajstić information content (AvgIpc) is 3.39. The van der Waals surface area contributed by atoms with E-state index in [1.54, 1.807) is 48.5 Å². The molecule has 4 rings (SSSR count). The van der Waals surface area contributed by atoms with Crippen molar-refractivity contribution in [3.63, 3.8) is 0 Å². The minimum absolute atomic E-state index is 0.0360. The van der Waals surface area contributed by atoms with E-state index in [9.17, 15) is 18.9 Å².